The first-order valence-corrected chi connectivity index (χ1v) is 25.4. The number of thiophene rings is 2. The Balaban J connectivity index is 0.964. The van der Waals surface area contributed by atoms with E-state index in [9.17, 15) is 0 Å². The molecule has 2 heterocycles. The second-order valence-corrected chi connectivity index (χ2v) is 19.8. The lowest BCUT2D eigenvalue weighted by Crippen LogP contribution is -2.12. The lowest BCUT2D eigenvalue weighted by Gasteiger charge is -2.30. The van der Waals surface area contributed by atoms with Gasteiger partial charge in [-0.2, -0.15) is 0 Å². The highest BCUT2D eigenvalue weighted by Crippen LogP contribution is 2.49. The minimum Gasteiger partial charge on any atom is -0.310 e. The van der Waals surface area contributed by atoms with Gasteiger partial charge >= 0.3 is 0 Å². The maximum atomic E-state index is 2.47. The molecule has 0 atom stereocenters. The van der Waals surface area contributed by atoms with Crippen molar-refractivity contribution in [1.82, 2.24) is 0 Å². The Morgan fingerprint density at radius 1 is 0.229 bits per heavy atom. The van der Waals surface area contributed by atoms with Crippen LogP contribution in [0, 0.1) is 0 Å². The van der Waals surface area contributed by atoms with Gasteiger partial charge in [0.15, 0.2) is 0 Å². The van der Waals surface area contributed by atoms with Crippen LogP contribution in [0.4, 0.5) is 34.1 Å². The fourth-order valence-electron chi connectivity index (χ4n) is 10.2. The molecule has 0 bridgehead atoms. The van der Waals surface area contributed by atoms with Gasteiger partial charge in [0.1, 0.15) is 0 Å². The van der Waals surface area contributed by atoms with Gasteiger partial charge in [0.25, 0.3) is 0 Å². The zero-order chi connectivity index (χ0) is 46.4. The molecule has 0 saturated carbocycles. The molecule has 330 valence electrons. The Morgan fingerprint density at radius 3 is 1.14 bits per heavy atom. The number of fused-ring (bicyclic) bond motifs is 6. The molecule has 2 aromatic heterocycles. The van der Waals surface area contributed by atoms with Crippen molar-refractivity contribution in [3.05, 3.63) is 267 Å². The van der Waals surface area contributed by atoms with Crippen molar-refractivity contribution in [2.75, 3.05) is 9.80 Å². The average molecular weight is 929 g/mol. The van der Waals surface area contributed by atoms with Crippen molar-refractivity contribution in [1.29, 1.82) is 0 Å². The minimum atomic E-state index is 1.08. The Morgan fingerprint density at radius 2 is 0.600 bits per heavy atom. The van der Waals surface area contributed by atoms with Crippen LogP contribution in [-0.4, -0.2) is 0 Å². The molecule has 13 aromatic rings. The molecular weight excluding hydrogens is 885 g/mol. The Kier molecular flexibility index (Phi) is 10.6. The highest BCUT2D eigenvalue weighted by molar-refractivity contribution is 7.26. The molecule has 0 amide bonds. The summed E-state index contributed by atoms with van der Waals surface area (Å²) in [5.74, 6) is 0. The van der Waals surface area contributed by atoms with E-state index < -0.39 is 0 Å². The molecule has 0 unspecified atom stereocenters. The van der Waals surface area contributed by atoms with Crippen LogP contribution in [0.15, 0.2) is 267 Å². The van der Waals surface area contributed by atoms with Gasteiger partial charge in [-0.1, -0.05) is 188 Å². The number of nitrogens with zero attached hydrogens (tertiary/aromatic N) is 2. The van der Waals surface area contributed by atoms with Gasteiger partial charge in [0.2, 0.25) is 0 Å². The number of benzene rings is 11. The number of anilines is 6. The summed E-state index contributed by atoms with van der Waals surface area (Å²) in [6.07, 6.45) is 0. The molecule has 0 aliphatic carbocycles. The maximum Gasteiger partial charge on any atom is 0.0555 e. The first kappa shape index (κ1) is 41.6. The quantitative estimate of drug-likeness (QED) is 0.135. The van der Waals surface area contributed by atoms with Crippen molar-refractivity contribution in [2.24, 2.45) is 0 Å². The molecule has 70 heavy (non-hydrogen) atoms. The van der Waals surface area contributed by atoms with Crippen LogP contribution in [0.1, 0.15) is 0 Å². The van der Waals surface area contributed by atoms with Crippen LogP contribution in [0.5, 0.6) is 0 Å². The van der Waals surface area contributed by atoms with Gasteiger partial charge in [-0.3, -0.25) is 0 Å². The molecular formula is C66H44N2S2. The van der Waals surface area contributed by atoms with E-state index >= 15 is 0 Å². The number of hydrogen-bond donors (Lipinski definition) is 0. The van der Waals surface area contributed by atoms with Gasteiger partial charge in [0.05, 0.1) is 17.1 Å². The zero-order valence-electron chi connectivity index (χ0n) is 38.1. The van der Waals surface area contributed by atoms with E-state index in [0.29, 0.717) is 0 Å². The SMILES string of the molecule is c1ccc(-c2ccc(-c3ccc(N(c4cccc(-c5ccccc5N(c5ccc(-c6ccccc6)cc5)c5cccc6sc7ccccc7c56)c4)c4cccc5sc6ccccc6c45)cc3)cc2)cc1. The minimum absolute atomic E-state index is 1.08. The maximum absolute atomic E-state index is 2.47. The summed E-state index contributed by atoms with van der Waals surface area (Å²) in [6, 6.07) is 97.4. The first-order chi connectivity index (χ1) is 34.7. The summed E-state index contributed by atoms with van der Waals surface area (Å²) in [6.45, 7) is 0. The summed E-state index contributed by atoms with van der Waals surface area (Å²) < 4.78 is 5.11. The monoisotopic (exact) mass is 928 g/mol. The Bertz CT molecular complexity index is 3990. The van der Waals surface area contributed by atoms with E-state index in [-0.39, 0.29) is 0 Å². The van der Waals surface area contributed by atoms with Crippen molar-refractivity contribution in [3.63, 3.8) is 0 Å². The van der Waals surface area contributed by atoms with Gasteiger partial charge < -0.3 is 9.80 Å². The smallest absolute Gasteiger partial charge is 0.0555 e. The van der Waals surface area contributed by atoms with Gasteiger partial charge in [-0.15, -0.1) is 22.7 Å². The van der Waals surface area contributed by atoms with Crippen LogP contribution in [0.25, 0.3) is 84.9 Å². The second kappa shape index (κ2) is 17.8. The lowest BCUT2D eigenvalue weighted by molar-refractivity contribution is 1.29. The topological polar surface area (TPSA) is 6.48 Å². The number of para-hydroxylation sites is 1. The number of rotatable bonds is 10. The fraction of sp³-hybridized carbons (Fsp3) is 0. The second-order valence-electron chi connectivity index (χ2n) is 17.6. The van der Waals surface area contributed by atoms with Gasteiger partial charge in [-0.25, -0.2) is 0 Å². The Labute approximate surface area is 415 Å². The van der Waals surface area contributed by atoms with Crippen LogP contribution in [-0.2, 0) is 0 Å². The lowest BCUT2D eigenvalue weighted by atomic mass is 9.98. The molecule has 11 aromatic carbocycles. The summed E-state index contributed by atoms with van der Waals surface area (Å²) in [5, 5.41) is 5.06. The highest BCUT2D eigenvalue weighted by Gasteiger charge is 2.23. The molecule has 0 N–H and O–H groups in total. The molecule has 0 radical (unpaired) electrons. The zero-order valence-corrected chi connectivity index (χ0v) is 39.7. The third-order valence-electron chi connectivity index (χ3n) is 13.5. The van der Waals surface area contributed by atoms with E-state index in [2.05, 4.69) is 277 Å². The standard InChI is InChI=1S/C66H44N2S2/c1-3-16-45(17-4-1)47-32-34-48(35-33-47)50-36-40-52(41-37-50)67(59-26-14-30-63-65(59)56-23-8-11-28-61(56)69-63)54-21-13-20-51(44-54)55-22-7-10-25-58(55)68(53-42-38-49(39-43-53)46-18-5-2-6-19-46)60-27-15-31-64-66(60)57-24-9-12-29-62(57)70-64/h1-44H. The summed E-state index contributed by atoms with van der Waals surface area (Å²) in [5.41, 5.74) is 16.1. The predicted octanol–water partition coefficient (Wildman–Crippen LogP) is 20.0. The van der Waals surface area contributed by atoms with Crippen molar-refractivity contribution in [3.8, 4) is 44.5 Å². The van der Waals surface area contributed by atoms with Gasteiger partial charge in [0, 0.05) is 63.0 Å². The summed E-state index contributed by atoms with van der Waals surface area (Å²) >= 11 is 3.71. The summed E-state index contributed by atoms with van der Waals surface area (Å²) in [4.78, 5) is 4.92. The van der Waals surface area contributed by atoms with E-state index in [1.54, 1.807) is 0 Å². The van der Waals surface area contributed by atoms with E-state index in [0.717, 1.165) is 45.3 Å². The molecule has 0 aliphatic rings. The molecule has 2 nitrogen and oxygen atoms in total. The molecule has 13 rings (SSSR count). The molecule has 0 spiro atoms. The van der Waals surface area contributed by atoms with Crippen molar-refractivity contribution < 1.29 is 0 Å². The van der Waals surface area contributed by atoms with E-state index in [1.807, 2.05) is 22.7 Å². The molecule has 0 fully saturated rings. The summed E-state index contributed by atoms with van der Waals surface area (Å²) in [7, 11) is 0. The third kappa shape index (κ3) is 7.51. The predicted molar refractivity (Wildman–Crippen MR) is 303 cm³/mol. The van der Waals surface area contributed by atoms with Crippen molar-refractivity contribution >= 4 is 97.1 Å². The van der Waals surface area contributed by atoms with Crippen LogP contribution >= 0.6 is 22.7 Å². The third-order valence-corrected chi connectivity index (χ3v) is 15.8. The largest absolute Gasteiger partial charge is 0.310 e. The molecule has 0 aliphatic heterocycles. The van der Waals surface area contributed by atoms with E-state index in [1.165, 1.54) is 73.7 Å². The fourth-order valence-corrected chi connectivity index (χ4v) is 12.4. The van der Waals surface area contributed by atoms with Crippen LogP contribution < -0.4 is 9.80 Å². The highest BCUT2D eigenvalue weighted by atomic mass is 32.1. The molecule has 0 saturated heterocycles. The molecule has 4 heteroatoms. The van der Waals surface area contributed by atoms with Crippen LogP contribution in [0.2, 0.25) is 0 Å². The Hall–Kier alpha value is -8.54. The number of hydrogen-bond acceptors (Lipinski definition) is 4. The average Bonchev–Trinajstić information content (AvgIpc) is 4.02. The van der Waals surface area contributed by atoms with Crippen LogP contribution in [0.3, 0.4) is 0 Å². The normalized spacial score (nSPS) is 11.4. The first-order valence-electron chi connectivity index (χ1n) is 23.7. The van der Waals surface area contributed by atoms with Gasteiger partial charge in [-0.05, 0) is 118 Å². The van der Waals surface area contributed by atoms with Crippen molar-refractivity contribution in [2.45, 2.75) is 0 Å². The van der Waals surface area contributed by atoms with E-state index in [4.69, 9.17) is 0 Å².